The molecule has 106 valence electrons. The lowest BCUT2D eigenvalue weighted by Crippen LogP contribution is -2.45. The van der Waals surface area contributed by atoms with E-state index in [-0.39, 0.29) is 11.2 Å². The molecule has 2 N–H and O–H groups in total. The van der Waals surface area contributed by atoms with Crippen LogP contribution in [-0.4, -0.2) is 32.1 Å². The summed E-state index contributed by atoms with van der Waals surface area (Å²) < 4.78 is 18.6. The van der Waals surface area contributed by atoms with E-state index in [0.29, 0.717) is 6.54 Å². The molecule has 0 heterocycles. The molecule has 0 saturated heterocycles. The van der Waals surface area contributed by atoms with Crippen LogP contribution in [0.5, 0.6) is 5.75 Å². The third-order valence-electron chi connectivity index (χ3n) is 4.14. The molecule has 19 heavy (non-hydrogen) atoms. The largest absolute Gasteiger partial charge is 0.496 e. The van der Waals surface area contributed by atoms with E-state index in [1.165, 1.54) is 25.3 Å². The van der Waals surface area contributed by atoms with E-state index < -0.39 is 0 Å². The number of nitrogens with zero attached hydrogens (tertiary/aromatic N) is 1. The van der Waals surface area contributed by atoms with Crippen molar-refractivity contribution in [2.45, 2.75) is 25.8 Å². The van der Waals surface area contributed by atoms with Crippen molar-refractivity contribution >= 4 is 0 Å². The first-order chi connectivity index (χ1) is 9.08. The molecule has 1 aromatic carbocycles. The number of nitrogens with two attached hydrogens (primary N) is 1. The second-order valence-corrected chi connectivity index (χ2v) is 5.69. The first-order valence-electron chi connectivity index (χ1n) is 6.80. The van der Waals surface area contributed by atoms with Gasteiger partial charge in [-0.15, -0.1) is 0 Å². The Balaban J connectivity index is 2.02. The lowest BCUT2D eigenvalue weighted by molar-refractivity contribution is 0.0841. The van der Waals surface area contributed by atoms with E-state index in [1.807, 2.05) is 0 Å². The average Bonchev–Trinajstić information content (AvgIpc) is 2.34. The monoisotopic (exact) mass is 266 g/mol. The molecule has 1 aliphatic carbocycles. The Morgan fingerprint density at radius 2 is 2.16 bits per heavy atom. The maximum Gasteiger partial charge on any atom is 0.123 e. The number of ether oxygens (including phenoxy) is 1. The Labute approximate surface area is 114 Å². The van der Waals surface area contributed by atoms with Crippen LogP contribution in [0.1, 0.15) is 24.8 Å². The molecule has 0 unspecified atom stereocenters. The van der Waals surface area contributed by atoms with Gasteiger partial charge < -0.3 is 15.4 Å². The van der Waals surface area contributed by atoms with Gasteiger partial charge >= 0.3 is 0 Å². The fraction of sp³-hybridized carbons (Fsp3) is 0.600. The van der Waals surface area contributed by atoms with Gasteiger partial charge in [0.2, 0.25) is 0 Å². The molecule has 1 saturated carbocycles. The van der Waals surface area contributed by atoms with Crippen molar-refractivity contribution < 1.29 is 9.13 Å². The van der Waals surface area contributed by atoms with Gasteiger partial charge in [0.25, 0.3) is 0 Å². The zero-order chi connectivity index (χ0) is 13.9. The van der Waals surface area contributed by atoms with E-state index in [0.717, 1.165) is 24.4 Å². The second kappa shape index (κ2) is 5.88. The smallest absolute Gasteiger partial charge is 0.123 e. The highest BCUT2D eigenvalue weighted by Crippen LogP contribution is 2.40. The summed E-state index contributed by atoms with van der Waals surface area (Å²) in [5.74, 6) is 0.519. The number of benzene rings is 1. The summed E-state index contributed by atoms with van der Waals surface area (Å²) in [5.41, 5.74) is 7.04. The van der Waals surface area contributed by atoms with Gasteiger partial charge in [-0.05, 0) is 50.0 Å². The third kappa shape index (κ3) is 3.25. The molecular formula is C15H23FN2O. The molecule has 1 aromatic rings. The van der Waals surface area contributed by atoms with E-state index in [9.17, 15) is 4.39 Å². The van der Waals surface area contributed by atoms with E-state index in [2.05, 4.69) is 11.9 Å². The van der Waals surface area contributed by atoms with Crippen LogP contribution >= 0.6 is 0 Å². The Hall–Kier alpha value is -1.13. The van der Waals surface area contributed by atoms with Crippen LogP contribution in [-0.2, 0) is 6.54 Å². The van der Waals surface area contributed by atoms with Crippen molar-refractivity contribution in [1.82, 2.24) is 4.90 Å². The molecule has 2 rings (SSSR count). The molecule has 0 amide bonds. The lowest BCUT2D eigenvalue weighted by Gasteiger charge is -2.43. The lowest BCUT2D eigenvalue weighted by atomic mass is 9.68. The first kappa shape index (κ1) is 14.3. The van der Waals surface area contributed by atoms with Crippen molar-refractivity contribution in [3.05, 3.63) is 29.6 Å². The van der Waals surface area contributed by atoms with Crippen molar-refractivity contribution in [1.29, 1.82) is 0 Å². The molecule has 1 fully saturated rings. The Bertz CT molecular complexity index is 427. The molecule has 4 heteroatoms. The summed E-state index contributed by atoms with van der Waals surface area (Å²) in [6, 6.07) is 4.65. The summed E-state index contributed by atoms with van der Waals surface area (Å²) in [5, 5.41) is 0. The minimum atomic E-state index is -0.221. The Kier molecular flexibility index (Phi) is 4.42. The second-order valence-electron chi connectivity index (χ2n) is 5.69. The number of halogens is 1. The fourth-order valence-corrected chi connectivity index (χ4v) is 2.89. The van der Waals surface area contributed by atoms with Crippen LogP contribution in [0, 0.1) is 11.2 Å². The summed E-state index contributed by atoms with van der Waals surface area (Å²) in [6.45, 7) is 2.38. The molecule has 0 aromatic heterocycles. The number of rotatable bonds is 6. The average molecular weight is 266 g/mol. The van der Waals surface area contributed by atoms with Gasteiger partial charge in [-0.25, -0.2) is 4.39 Å². The molecular weight excluding hydrogens is 243 g/mol. The SMILES string of the molecule is COc1ccc(F)cc1CN(C)CC1(CN)CCC1. The van der Waals surface area contributed by atoms with Gasteiger partial charge in [0.1, 0.15) is 11.6 Å². The van der Waals surface area contributed by atoms with Gasteiger partial charge in [0, 0.05) is 18.7 Å². The van der Waals surface area contributed by atoms with Crippen LogP contribution in [0.4, 0.5) is 4.39 Å². The molecule has 1 aliphatic rings. The molecule has 0 spiro atoms. The molecule has 0 bridgehead atoms. The van der Waals surface area contributed by atoms with Crippen LogP contribution < -0.4 is 10.5 Å². The number of hydrogen-bond acceptors (Lipinski definition) is 3. The maximum atomic E-state index is 13.3. The Morgan fingerprint density at radius 3 is 2.68 bits per heavy atom. The fourth-order valence-electron chi connectivity index (χ4n) is 2.89. The molecule has 0 aliphatic heterocycles. The number of methoxy groups -OCH3 is 1. The van der Waals surface area contributed by atoms with Crippen LogP contribution in [0.15, 0.2) is 18.2 Å². The van der Waals surface area contributed by atoms with Crippen molar-refractivity contribution in [2.75, 3.05) is 27.2 Å². The predicted octanol–water partition coefficient (Wildman–Crippen LogP) is 2.40. The highest BCUT2D eigenvalue weighted by molar-refractivity contribution is 5.33. The third-order valence-corrected chi connectivity index (χ3v) is 4.14. The first-order valence-corrected chi connectivity index (χ1v) is 6.80. The van der Waals surface area contributed by atoms with Crippen molar-refractivity contribution in [3.8, 4) is 5.75 Å². The predicted molar refractivity (Wildman–Crippen MR) is 74.6 cm³/mol. The van der Waals surface area contributed by atoms with Crippen LogP contribution in [0.3, 0.4) is 0 Å². The van der Waals surface area contributed by atoms with E-state index >= 15 is 0 Å². The van der Waals surface area contributed by atoms with Crippen molar-refractivity contribution in [2.24, 2.45) is 11.1 Å². The minimum Gasteiger partial charge on any atom is -0.496 e. The van der Waals surface area contributed by atoms with Crippen LogP contribution in [0.2, 0.25) is 0 Å². The maximum absolute atomic E-state index is 13.3. The van der Waals surface area contributed by atoms with E-state index in [1.54, 1.807) is 19.2 Å². The van der Waals surface area contributed by atoms with Crippen molar-refractivity contribution in [3.63, 3.8) is 0 Å². The van der Waals surface area contributed by atoms with Gasteiger partial charge in [0.05, 0.1) is 7.11 Å². The number of hydrogen-bond donors (Lipinski definition) is 1. The molecule has 3 nitrogen and oxygen atoms in total. The van der Waals surface area contributed by atoms with Crippen LogP contribution in [0.25, 0.3) is 0 Å². The quantitative estimate of drug-likeness (QED) is 0.859. The summed E-state index contributed by atoms with van der Waals surface area (Å²) in [4.78, 5) is 2.21. The normalized spacial score (nSPS) is 17.3. The molecule has 0 atom stereocenters. The van der Waals surface area contributed by atoms with E-state index in [4.69, 9.17) is 10.5 Å². The Morgan fingerprint density at radius 1 is 1.42 bits per heavy atom. The highest BCUT2D eigenvalue weighted by Gasteiger charge is 2.36. The minimum absolute atomic E-state index is 0.221. The van der Waals surface area contributed by atoms with Gasteiger partial charge in [-0.1, -0.05) is 6.42 Å². The summed E-state index contributed by atoms with van der Waals surface area (Å²) in [6.07, 6.45) is 3.68. The summed E-state index contributed by atoms with van der Waals surface area (Å²) >= 11 is 0. The zero-order valence-electron chi connectivity index (χ0n) is 11.8. The van der Waals surface area contributed by atoms with Gasteiger partial charge in [0.15, 0.2) is 0 Å². The molecule has 0 radical (unpaired) electrons. The summed E-state index contributed by atoms with van der Waals surface area (Å²) in [7, 11) is 3.67. The van der Waals surface area contributed by atoms with Gasteiger partial charge in [-0.2, -0.15) is 0 Å². The standard InChI is InChI=1S/C15H23FN2O/c1-18(11-15(10-17)6-3-7-15)9-12-8-13(16)4-5-14(12)19-2/h4-5,8H,3,6-7,9-11,17H2,1-2H3. The highest BCUT2D eigenvalue weighted by atomic mass is 19.1. The zero-order valence-corrected chi connectivity index (χ0v) is 11.8. The topological polar surface area (TPSA) is 38.5 Å². The van der Waals surface area contributed by atoms with Gasteiger partial charge in [-0.3, -0.25) is 0 Å².